The lowest BCUT2D eigenvalue weighted by Gasteiger charge is -2.43. The van der Waals surface area contributed by atoms with E-state index < -0.39 is 0 Å². The highest BCUT2D eigenvalue weighted by Crippen LogP contribution is 2.40. The van der Waals surface area contributed by atoms with Crippen molar-refractivity contribution in [3.63, 3.8) is 0 Å². The number of ether oxygens (including phenoxy) is 1. The van der Waals surface area contributed by atoms with Gasteiger partial charge in [-0.3, -0.25) is 14.5 Å². The zero-order valence-electron chi connectivity index (χ0n) is 25.2. The van der Waals surface area contributed by atoms with Gasteiger partial charge < -0.3 is 15.0 Å². The lowest BCUT2D eigenvalue weighted by molar-refractivity contribution is 0.0734. The molecule has 0 radical (unpaired) electrons. The normalized spacial score (nSPS) is 18.6. The molecule has 1 saturated heterocycles. The Morgan fingerprint density at radius 3 is 2.57 bits per heavy atom. The summed E-state index contributed by atoms with van der Waals surface area (Å²) >= 11 is 6.53. The third kappa shape index (κ3) is 6.50. The highest BCUT2D eigenvalue weighted by molar-refractivity contribution is 6.30. The number of fused-ring (bicyclic) bond motifs is 1. The van der Waals surface area contributed by atoms with Crippen molar-refractivity contribution in [2.75, 3.05) is 37.0 Å². The first-order chi connectivity index (χ1) is 20.2. The highest BCUT2D eigenvalue weighted by atomic mass is 35.5. The molecule has 0 aliphatic carbocycles. The molecule has 1 atom stereocenters. The lowest BCUT2D eigenvalue weighted by Crippen LogP contribution is -2.47. The number of amides is 2. The number of carbonyl (C=O) groups is 2. The molecule has 3 aromatic rings. The van der Waals surface area contributed by atoms with Crippen LogP contribution in [-0.2, 0) is 0 Å². The number of nitrogens with zero attached hydrogens (tertiary/aromatic N) is 2. The third-order valence-corrected chi connectivity index (χ3v) is 9.28. The van der Waals surface area contributed by atoms with E-state index in [1.807, 2.05) is 42.2 Å². The van der Waals surface area contributed by atoms with E-state index in [0.717, 1.165) is 49.2 Å². The van der Waals surface area contributed by atoms with Crippen molar-refractivity contribution >= 4 is 34.8 Å². The van der Waals surface area contributed by atoms with E-state index in [1.54, 1.807) is 31.4 Å². The Morgan fingerprint density at radius 2 is 1.81 bits per heavy atom. The van der Waals surface area contributed by atoms with Crippen LogP contribution in [0.15, 0.2) is 60.7 Å². The van der Waals surface area contributed by atoms with Gasteiger partial charge in [-0.2, -0.15) is 0 Å². The molecule has 222 valence electrons. The first kappa shape index (κ1) is 30.1. The van der Waals surface area contributed by atoms with Gasteiger partial charge in [-0.15, -0.1) is 0 Å². The van der Waals surface area contributed by atoms with Crippen LogP contribution in [0.5, 0.6) is 5.75 Å². The molecule has 2 aliphatic rings. The molecule has 5 rings (SSSR count). The van der Waals surface area contributed by atoms with Gasteiger partial charge in [0.05, 0.1) is 12.7 Å². The first-order valence-corrected chi connectivity index (χ1v) is 15.5. The molecule has 7 heteroatoms. The van der Waals surface area contributed by atoms with Crippen molar-refractivity contribution in [2.45, 2.75) is 70.8 Å². The standard InChI is InChI=1S/C35H42ClN3O3/c1-24-10-5-6-12-28(24)33(40)37-27-14-15-29(32(23-27)42-4)34(41)39-20-9-11-25(30-22-26(36)13-16-31(30)39)17-21-38-19-8-7-18-35(38,2)3/h5-6,10,12-16,22-23,25H,7-9,11,17-21H2,1-4H3,(H,37,40). The summed E-state index contributed by atoms with van der Waals surface area (Å²) in [6, 6.07) is 18.6. The molecule has 1 fully saturated rings. The number of hydrogen-bond acceptors (Lipinski definition) is 4. The van der Waals surface area contributed by atoms with E-state index >= 15 is 0 Å². The summed E-state index contributed by atoms with van der Waals surface area (Å²) in [5.74, 6) is 0.429. The highest BCUT2D eigenvalue weighted by Gasteiger charge is 2.32. The average molecular weight is 588 g/mol. The fourth-order valence-corrected chi connectivity index (χ4v) is 6.73. The Kier molecular flexibility index (Phi) is 9.24. The van der Waals surface area contributed by atoms with Gasteiger partial charge in [-0.1, -0.05) is 36.2 Å². The smallest absolute Gasteiger partial charge is 0.262 e. The van der Waals surface area contributed by atoms with Crippen LogP contribution in [0.2, 0.25) is 5.02 Å². The van der Waals surface area contributed by atoms with Crippen molar-refractivity contribution in [1.29, 1.82) is 0 Å². The summed E-state index contributed by atoms with van der Waals surface area (Å²) in [6.45, 7) is 9.43. The number of aryl methyl sites for hydroxylation is 1. The second-order valence-electron chi connectivity index (χ2n) is 12.2. The van der Waals surface area contributed by atoms with Gasteiger partial charge in [-0.25, -0.2) is 0 Å². The maximum absolute atomic E-state index is 14.1. The minimum Gasteiger partial charge on any atom is -0.496 e. The number of likely N-dealkylation sites (tertiary alicyclic amines) is 1. The fraction of sp³-hybridized carbons (Fsp3) is 0.429. The molecule has 42 heavy (non-hydrogen) atoms. The number of benzene rings is 3. The average Bonchev–Trinajstić information content (AvgIpc) is 3.15. The molecular weight excluding hydrogens is 546 g/mol. The molecule has 3 aromatic carbocycles. The second-order valence-corrected chi connectivity index (χ2v) is 12.7. The molecule has 6 nitrogen and oxygen atoms in total. The minimum atomic E-state index is -0.202. The van der Waals surface area contributed by atoms with Gasteiger partial charge in [0.1, 0.15) is 5.75 Å². The zero-order chi connectivity index (χ0) is 29.9. The van der Waals surface area contributed by atoms with Crippen LogP contribution in [0.4, 0.5) is 11.4 Å². The molecule has 2 amide bonds. The van der Waals surface area contributed by atoms with Gasteiger partial charge in [0.25, 0.3) is 11.8 Å². The number of methoxy groups -OCH3 is 1. The summed E-state index contributed by atoms with van der Waals surface area (Å²) < 4.78 is 5.67. The number of hydrogen-bond donors (Lipinski definition) is 1. The molecule has 0 bridgehead atoms. The molecule has 2 heterocycles. The second kappa shape index (κ2) is 12.9. The van der Waals surface area contributed by atoms with Gasteiger partial charge >= 0.3 is 0 Å². The number of piperidine rings is 1. The van der Waals surface area contributed by atoms with Gasteiger partial charge in [0.2, 0.25) is 0 Å². The Balaban J connectivity index is 1.38. The van der Waals surface area contributed by atoms with Gasteiger partial charge in [0, 0.05) is 40.1 Å². The van der Waals surface area contributed by atoms with Crippen LogP contribution >= 0.6 is 11.6 Å². The predicted octanol–water partition coefficient (Wildman–Crippen LogP) is 8.09. The summed E-state index contributed by atoms with van der Waals surface area (Å²) in [4.78, 5) is 31.5. The van der Waals surface area contributed by atoms with Crippen molar-refractivity contribution in [1.82, 2.24) is 4.90 Å². The number of anilines is 2. The maximum atomic E-state index is 14.1. The van der Waals surface area contributed by atoms with E-state index in [4.69, 9.17) is 16.3 Å². The largest absolute Gasteiger partial charge is 0.496 e. The van der Waals surface area contributed by atoms with E-state index in [1.165, 1.54) is 19.3 Å². The van der Waals surface area contributed by atoms with Gasteiger partial charge in [0.15, 0.2) is 0 Å². The summed E-state index contributed by atoms with van der Waals surface area (Å²) in [7, 11) is 1.55. The molecule has 1 N–H and O–H groups in total. The SMILES string of the molecule is COc1cc(NC(=O)c2ccccc2C)ccc1C(=O)N1CCCC(CCN2CCCCC2(C)C)c2cc(Cl)ccc21. The number of halogens is 1. The molecular formula is C35H42ClN3O3. The Morgan fingerprint density at radius 1 is 1.00 bits per heavy atom. The Hall–Kier alpha value is -3.35. The Bertz CT molecular complexity index is 1450. The van der Waals surface area contributed by atoms with E-state index in [2.05, 4.69) is 30.1 Å². The van der Waals surface area contributed by atoms with Crippen molar-refractivity contribution in [3.8, 4) is 5.75 Å². The van der Waals surface area contributed by atoms with Gasteiger partial charge in [-0.05, 0) is 119 Å². The third-order valence-electron chi connectivity index (χ3n) is 9.05. The molecule has 1 unspecified atom stereocenters. The van der Waals surface area contributed by atoms with Crippen molar-refractivity contribution < 1.29 is 14.3 Å². The lowest BCUT2D eigenvalue weighted by atomic mass is 9.87. The fourth-order valence-electron chi connectivity index (χ4n) is 6.55. The predicted molar refractivity (Wildman–Crippen MR) is 171 cm³/mol. The van der Waals surface area contributed by atoms with Crippen LogP contribution in [0.25, 0.3) is 0 Å². The first-order valence-electron chi connectivity index (χ1n) is 15.1. The van der Waals surface area contributed by atoms with Crippen molar-refractivity contribution in [3.05, 3.63) is 87.9 Å². The van der Waals surface area contributed by atoms with E-state index in [9.17, 15) is 9.59 Å². The maximum Gasteiger partial charge on any atom is 0.262 e. The quantitative estimate of drug-likeness (QED) is 0.303. The van der Waals surface area contributed by atoms with Crippen LogP contribution in [0.3, 0.4) is 0 Å². The van der Waals surface area contributed by atoms with Crippen LogP contribution < -0.4 is 15.0 Å². The number of rotatable bonds is 7. The minimum absolute atomic E-state index is 0.120. The number of carbonyl (C=O) groups excluding carboxylic acids is 2. The molecule has 0 saturated carbocycles. The van der Waals surface area contributed by atoms with Crippen LogP contribution in [0.1, 0.15) is 90.1 Å². The number of nitrogens with one attached hydrogen (secondary N) is 1. The summed E-state index contributed by atoms with van der Waals surface area (Å²) in [6.07, 6.45) is 6.74. The topological polar surface area (TPSA) is 61.9 Å². The molecule has 2 aliphatic heterocycles. The molecule has 0 aromatic heterocycles. The van der Waals surface area contributed by atoms with Crippen LogP contribution in [0, 0.1) is 6.92 Å². The monoisotopic (exact) mass is 587 g/mol. The summed E-state index contributed by atoms with van der Waals surface area (Å²) in [5, 5.41) is 3.63. The summed E-state index contributed by atoms with van der Waals surface area (Å²) in [5.41, 5.74) is 4.82. The Labute approximate surface area is 255 Å². The van der Waals surface area contributed by atoms with Crippen LogP contribution in [-0.4, -0.2) is 49.0 Å². The zero-order valence-corrected chi connectivity index (χ0v) is 26.0. The van der Waals surface area contributed by atoms with Crippen molar-refractivity contribution in [2.24, 2.45) is 0 Å². The molecule has 0 spiro atoms. The van der Waals surface area contributed by atoms with E-state index in [-0.39, 0.29) is 17.4 Å². The van der Waals surface area contributed by atoms with E-state index in [0.29, 0.717) is 40.0 Å².